The number of aromatic nitrogens is 1. The molecule has 2 heterocycles. The molecule has 6 nitrogen and oxygen atoms in total. The van der Waals surface area contributed by atoms with Gasteiger partial charge in [-0.05, 0) is 35.7 Å². The number of hydrogen-bond donors (Lipinski definition) is 2. The van der Waals surface area contributed by atoms with Gasteiger partial charge in [0.1, 0.15) is 17.5 Å². The van der Waals surface area contributed by atoms with Crippen LogP contribution in [0.1, 0.15) is 27.7 Å². The van der Waals surface area contributed by atoms with E-state index in [-0.39, 0.29) is 5.91 Å². The standard InChI is InChI=1S/C20H19N3O3/c1-26-14-7-6-13-10-17(22-16(13)11-14)20(25)23-9-8-12-4-2-3-5-15(12)18(23)19(21)24/h2-7,10-11,18,22H,8-9H2,1H3,(H2,21,24)/t18-/m1/s1. The molecule has 0 saturated heterocycles. The topological polar surface area (TPSA) is 88.4 Å². The number of hydrogen-bond acceptors (Lipinski definition) is 3. The molecule has 0 bridgehead atoms. The first-order valence-corrected chi connectivity index (χ1v) is 8.43. The Morgan fingerprint density at radius 2 is 2.00 bits per heavy atom. The van der Waals surface area contributed by atoms with Gasteiger partial charge in [-0.1, -0.05) is 24.3 Å². The number of carbonyl (C=O) groups excluding carboxylic acids is 2. The monoisotopic (exact) mass is 349 g/mol. The number of nitrogens with one attached hydrogen (secondary N) is 1. The molecule has 4 rings (SSSR count). The van der Waals surface area contributed by atoms with E-state index in [1.807, 2.05) is 42.5 Å². The minimum absolute atomic E-state index is 0.238. The van der Waals surface area contributed by atoms with Gasteiger partial charge in [-0.2, -0.15) is 0 Å². The molecule has 0 spiro atoms. The molecule has 6 heteroatoms. The third-order valence-electron chi connectivity index (χ3n) is 4.87. The highest BCUT2D eigenvalue weighted by atomic mass is 16.5. The van der Waals surface area contributed by atoms with Crippen molar-refractivity contribution in [2.24, 2.45) is 5.73 Å². The van der Waals surface area contributed by atoms with Crippen LogP contribution in [0.15, 0.2) is 48.5 Å². The summed E-state index contributed by atoms with van der Waals surface area (Å²) in [5, 5.41) is 0.905. The Balaban J connectivity index is 1.72. The van der Waals surface area contributed by atoms with Crippen LogP contribution in [0.5, 0.6) is 5.75 Å². The van der Waals surface area contributed by atoms with Crippen molar-refractivity contribution in [1.29, 1.82) is 0 Å². The number of fused-ring (bicyclic) bond motifs is 2. The zero-order valence-electron chi connectivity index (χ0n) is 14.4. The highest BCUT2D eigenvalue weighted by Gasteiger charge is 2.35. The van der Waals surface area contributed by atoms with Crippen molar-refractivity contribution in [3.63, 3.8) is 0 Å². The number of rotatable bonds is 3. The molecule has 3 aromatic rings. The van der Waals surface area contributed by atoms with Crippen molar-refractivity contribution in [3.8, 4) is 5.75 Å². The van der Waals surface area contributed by atoms with Crippen LogP contribution in [0.4, 0.5) is 0 Å². The maximum Gasteiger partial charge on any atom is 0.271 e. The zero-order valence-corrected chi connectivity index (χ0v) is 14.4. The van der Waals surface area contributed by atoms with E-state index < -0.39 is 11.9 Å². The van der Waals surface area contributed by atoms with Gasteiger partial charge in [0.05, 0.1) is 7.11 Å². The molecule has 0 saturated carbocycles. The molecular weight excluding hydrogens is 330 g/mol. The first-order valence-electron chi connectivity index (χ1n) is 8.43. The van der Waals surface area contributed by atoms with E-state index in [1.165, 1.54) is 0 Å². The van der Waals surface area contributed by atoms with Crippen molar-refractivity contribution >= 4 is 22.7 Å². The molecule has 1 aromatic heterocycles. The second-order valence-corrected chi connectivity index (χ2v) is 6.39. The minimum atomic E-state index is -0.756. The smallest absolute Gasteiger partial charge is 0.271 e. The van der Waals surface area contributed by atoms with Gasteiger partial charge in [0.15, 0.2) is 0 Å². The first kappa shape index (κ1) is 16.2. The summed E-state index contributed by atoms with van der Waals surface area (Å²) in [6, 6.07) is 14.2. The van der Waals surface area contributed by atoms with Crippen LogP contribution in [0, 0.1) is 0 Å². The molecule has 0 fully saturated rings. The van der Waals surface area contributed by atoms with Gasteiger partial charge >= 0.3 is 0 Å². The first-order chi connectivity index (χ1) is 12.6. The lowest BCUT2D eigenvalue weighted by Crippen LogP contribution is -2.45. The highest BCUT2D eigenvalue weighted by molar-refractivity contribution is 6.00. The summed E-state index contributed by atoms with van der Waals surface area (Å²) in [6.07, 6.45) is 0.694. The van der Waals surface area contributed by atoms with Crippen molar-refractivity contribution in [1.82, 2.24) is 9.88 Å². The Hall–Kier alpha value is -3.28. The maximum atomic E-state index is 13.1. The van der Waals surface area contributed by atoms with Crippen LogP contribution in [0.25, 0.3) is 10.9 Å². The third-order valence-corrected chi connectivity index (χ3v) is 4.87. The molecule has 2 aromatic carbocycles. The Kier molecular flexibility index (Phi) is 3.88. The average molecular weight is 349 g/mol. The second-order valence-electron chi connectivity index (χ2n) is 6.39. The van der Waals surface area contributed by atoms with E-state index in [0.29, 0.717) is 24.4 Å². The van der Waals surface area contributed by atoms with Gasteiger partial charge in [-0.3, -0.25) is 9.59 Å². The Labute approximate surface area is 150 Å². The van der Waals surface area contributed by atoms with Crippen LogP contribution < -0.4 is 10.5 Å². The summed E-state index contributed by atoms with van der Waals surface area (Å²) in [5.41, 5.74) is 8.74. The van der Waals surface area contributed by atoms with Crippen LogP contribution in [-0.2, 0) is 11.2 Å². The quantitative estimate of drug-likeness (QED) is 0.761. The van der Waals surface area contributed by atoms with Crippen LogP contribution in [0.3, 0.4) is 0 Å². The Bertz CT molecular complexity index is 1010. The maximum absolute atomic E-state index is 13.1. The van der Waals surface area contributed by atoms with Crippen molar-refractivity contribution in [3.05, 3.63) is 65.4 Å². The van der Waals surface area contributed by atoms with Crippen molar-refractivity contribution in [2.45, 2.75) is 12.5 Å². The largest absolute Gasteiger partial charge is 0.497 e. The lowest BCUT2D eigenvalue weighted by atomic mass is 9.92. The summed E-state index contributed by atoms with van der Waals surface area (Å²) in [5.74, 6) is -0.0537. The number of ether oxygens (including phenoxy) is 1. The number of nitrogens with zero attached hydrogens (tertiary/aromatic N) is 1. The number of H-pyrrole nitrogens is 1. The van der Waals surface area contributed by atoms with Gasteiger partial charge < -0.3 is 20.4 Å². The van der Waals surface area contributed by atoms with Crippen molar-refractivity contribution in [2.75, 3.05) is 13.7 Å². The number of primary amides is 1. The van der Waals surface area contributed by atoms with Gasteiger partial charge in [0.25, 0.3) is 5.91 Å². The summed E-state index contributed by atoms with van der Waals surface area (Å²) in [4.78, 5) is 29.9. The summed E-state index contributed by atoms with van der Waals surface area (Å²) in [7, 11) is 1.60. The van der Waals surface area contributed by atoms with Crippen LogP contribution >= 0.6 is 0 Å². The zero-order chi connectivity index (χ0) is 18.3. The number of aromatic amines is 1. The summed E-state index contributed by atoms with van der Waals surface area (Å²) < 4.78 is 5.22. The van der Waals surface area contributed by atoms with E-state index in [9.17, 15) is 9.59 Å². The SMILES string of the molecule is COc1ccc2cc(C(=O)N3CCc4ccccc4[C@@H]3C(N)=O)[nH]c2c1. The molecule has 1 aliphatic heterocycles. The lowest BCUT2D eigenvalue weighted by molar-refractivity contribution is -0.123. The van der Waals surface area contributed by atoms with E-state index in [0.717, 1.165) is 22.0 Å². The molecule has 1 atom stereocenters. The minimum Gasteiger partial charge on any atom is -0.497 e. The van der Waals surface area contributed by atoms with Crippen molar-refractivity contribution < 1.29 is 14.3 Å². The number of methoxy groups -OCH3 is 1. The highest BCUT2D eigenvalue weighted by Crippen LogP contribution is 2.31. The lowest BCUT2D eigenvalue weighted by Gasteiger charge is -2.35. The summed E-state index contributed by atoms with van der Waals surface area (Å²) >= 11 is 0. The molecular formula is C20H19N3O3. The Morgan fingerprint density at radius 1 is 1.19 bits per heavy atom. The fourth-order valence-corrected chi connectivity index (χ4v) is 3.60. The number of amides is 2. The molecule has 1 aliphatic rings. The normalized spacial score (nSPS) is 16.3. The fourth-order valence-electron chi connectivity index (χ4n) is 3.60. The predicted molar refractivity (Wildman–Crippen MR) is 98.0 cm³/mol. The van der Waals surface area contributed by atoms with E-state index in [2.05, 4.69) is 4.98 Å². The van der Waals surface area contributed by atoms with Crippen LogP contribution in [-0.4, -0.2) is 35.4 Å². The van der Waals surface area contributed by atoms with Gasteiger partial charge in [0.2, 0.25) is 5.91 Å². The van der Waals surface area contributed by atoms with E-state index in [1.54, 1.807) is 18.1 Å². The van der Waals surface area contributed by atoms with Gasteiger partial charge in [0, 0.05) is 23.5 Å². The second kappa shape index (κ2) is 6.22. The molecule has 3 N–H and O–H groups in total. The fraction of sp³-hybridized carbons (Fsp3) is 0.200. The van der Waals surface area contributed by atoms with Gasteiger partial charge in [-0.15, -0.1) is 0 Å². The summed E-state index contributed by atoms with van der Waals surface area (Å²) in [6.45, 7) is 0.447. The third kappa shape index (κ3) is 2.60. The van der Waals surface area contributed by atoms with E-state index in [4.69, 9.17) is 10.5 Å². The molecule has 0 unspecified atom stereocenters. The van der Waals surface area contributed by atoms with E-state index >= 15 is 0 Å². The van der Waals surface area contributed by atoms with Gasteiger partial charge in [-0.25, -0.2) is 0 Å². The molecule has 2 amide bonds. The number of nitrogens with two attached hydrogens (primary N) is 1. The Morgan fingerprint density at radius 3 is 2.77 bits per heavy atom. The van der Waals surface area contributed by atoms with Crippen LogP contribution in [0.2, 0.25) is 0 Å². The number of benzene rings is 2. The molecule has 0 aliphatic carbocycles. The predicted octanol–water partition coefficient (Wildman–Crippen LogP) is 2.40. The average Bonchev–Trinajstić information content (AvgIpc) is 3.09. The molecule has 0 radical (unpaired) electrons. The number of carbonyl (C=O) groups is 2. The molecule has 26 heavy (non-hydrogen) atoms. The molecule has 132 valence electrons.